The van der Waals surface area contributed by atoms with Crippen LogP contribution in [0.3, 0.4) is 0 Å². The van der Waals surface area contributed by atoms with E-state index in [0.29, 0.717) is 16.9 Å². The zero-order valence-corrected chi connectivity index (χ0v) is 14.5. The van der Waals surface area contributed by atoms with Crippen molar-refractivity contribution in [3.05, 3.63) is 41.0 Å². The average Bonchev–Trinajstić information content (AvgIpc) is 2.96. The Labute approximate surface area is 146 Å². The Morgan fingerprint density at radius 2 is 1.96 bits per heavy atom. The summed E-state index contributed by atoms with van der Waals surface area (Å²) in [5, 5.41) is 5.41. The third-order valence-corrected chi connectivity index (χ3v) is 4.89. The molecule has 1 aliphatic carbocycles. The van der Waals surface area contributed by atoms with Crippen LogP contribution in [-0.2, 0) is 0 Å². The van der Waals surface area contributed by atoms with Gasteiger partial charge in [0.15, 0.2) is 5.82 Å². The molecule has 0 saturated heterocycles. The fourth-order valence-electron chi connectivity index (χ4n) is 3.45. The van der Waals surface area contributed by atoms with Crippen LogP contribution in [0.1, 0.15) is 37.8 Å². The van der Waals surface area contributed by atoms with Gasteiger partial charge in [-0.3, -0.25) is 0 Å². The van der Waals surface area contributed by atoms with E-state index < -0.39 is 0 Å². The van der Waals surface area contributed by atoms with Crippen molar-refractivity contribution >= 4 is 28.5 Å². The molecule has 0 unspecified atom stereocenters. The minimum Gasteiger partial charge on any atom is -0.367 e. The molecule has 4 nitrogen and oxygen atoms in total. The van der Waals surface area contributed by atoms with Crippen molar-refractivity contribution in [1.29, 1.82) is 0 Å². The maximum Gasteiger partial charge on any atom is 0.163 e. The molecule has 0 bridgehead atoms. The third-order valence-electron chi connectivity index (χ3n) is 4.65. The lowest BCUT2D eigenvalue weighted by Crippen LogP contribution is -2.23. The van der Waals surface area contributed by atoms with Crippen molar-refractivity contribution in [2.24, 2.45) is 0 Å². The van der Waals surface area contributed by atoms with E-state index in [1.165, 1.54) is 32.1 Å². The van der Waals surface area contributed by atoms with Crippen molar-refractivity contribution in [2.75, 3.05) is 5.32 Å². The molecule has 124 valence electrons. The first-order valence-electron chi connectivity index (χ1n) is 8.59. The number of aromatic amines is 1. The second-order valence-electron chi connectivity index (χ2n) is 6.60. The Balaban J connectivity index is 1.78. The summed E-state index contributed by atoms with van der Waals surface area (Å²) in [4.78, 5) is 12.9. The van der Waals surface area contributed by atoms with Gasteiger partial charge in [0.05, 0.1) is 5.39 Å². The average molecular weight is 341 g/mol. The molecule has 1 saturated carbocycles. The summed E-state index contributed by atoms with van der Waals surface area (Å²) in [6.45, 7) is 2.05. The number of H-pyrrole nitrogens is 1. The van der Waals surface area contributed by atoms with Crippen molar-refractivity contribution in [2.45, 2.75) is 45.1 Å². The van der Waals surface area contributed by atoms with Gasteiger partial charge in [-0.05, 0) is 38.0 Å². The number of nitrogens with one attached hydrogen (secondary N) is 2. The van der Waals surface area contributed by atoms with Gasteiger partial charge < -0.3 is 10.3 Å². The summed E-state index contributed by atoms with van der Waals surface area (Å²) in [5.74, 6) is 1.62. The molecule has 0 amide bonds. The first-order chi connectivity index (χ1) is 11.7. The van der Waals surface area contributed by atoms with E-state index in [-0.39, 0.29) is 0 Å². The molecule has 1 aromatic carbocycles. The van der Waals surface area contributed by atoms with Gasteiger partial charge in [0.25, 0.3) is 0 Å². The first kappa shape index (κ1) is 15.5. The van der Waals surface area contributed by atoms with E-state index >= 15 is 0 Å². The molecular formula is C19H21ClN4. The Bertz CT molecular complexity index is 865. The summed E-state index contributed by atoms with van der Waals surface area (Å²) in [6, 6.07) is 10.3. The number of benzene rings is 1. The summed E-state index contributed by atoms with van der Waals surface area (Å²) >= 11 is 6.13. The largest absolute Gasteiger partial charge is 0.367 e. The van der Waals surface area contributed by atoms with E-state index in [9.17, 15) is 0 Å². The van der Waals surface area contributed by atoms with E-state index in [0.717, 1.165) is 28.1 Å². The molecule has 4 rings (SSSR count). The number of halogens is 1. The van der Waals surface area contributed by atoms with Crippen LogP contribution >= 0.6 is 11.6 Å². The molecule has 1 aliphatic rings. The Morgan fingerprint density at radius 3 is 2.75 bits per heavy atom. The van der Waals surface area contributed by atoms with Crippen LogP contribution in [-0.4, -0.2) is 21.0 Å². The van der Waals surface area contributed by atoms with Crippen molar-refractivity contribution in [3.63, 3.8) is 0 Å². The van der Waals surface area contributed by atoms with Gasteiger partial charge in [-0.2, -0.15) is 0 Å². The van der Waals surface area contributed by atoms with E-state index in [1.807, 2.05) is 31.2 Å². The standard InChI is InChI=1S/C19H21ClN4/c1-12-10-16-18(21-12)23-17(13-6-5-7-14(20)11-13)24-19(16)22-15-8-3-2-4-9-15/h5-7,10-11,15H,2-4,8-9H2,1H3,(H2,21,22,23,24). The predicted octanol–water partition coefficient (Wildman–Crippen LogP) is 5.33. The highest BCUT2D eigenvalue weighted by Crippen LogP contribution is 2.29. The van der Waals surface area contributed by atoms with Crippen LogP contribution in [0.15, 0.2) is 30.3 Å². The SMILES string of the molecule is Cc1cc2c(NC3CCCCC3)nc(-c3cccc(Cl)c3)nc2[nH]1. The summed E-state index contributed by atoms with van der Waals surface area (Å²) in [6.07, 6.45) is 6.34. The van der Waals surface area contributed by atoms with Gasteiger partial charge in [-0.15, -0.1) is 0 Å². The molecule has 5 heteroatoms. The van der Waals surface area contributed by atoms with E-state index in [4.69, 9.17) is 21.6 Å². The van der Waals surface area contributed by atoms with Gasteiger partial charge in [0.2, 0.25) is 0 Å². The van der Waals surface area contributed by atoms with Gasteiger partial charge in [-0.1, -0.05) is 43.0 Å². The first-order valence-corrected chi connectivity index (χ1v) is 8.97. The zero-order chi connectivity index (χ0) is 16.5. The smallest absolute Gasteiger partial charge is 0.163 e. The van der Waals surface area contributed by atoms with Crippen LogP contribution in [0.25, 0.3) is 22.4 Å². The number of fused-ring (bicyclic) bond motifs is 1. The van der Waals surface area contributed by atoms with Gasteiger partial charge >= 0.3 is 0 Å². The van der Waals surface area contributed by atoms with E-state index in [2.05, 4.69) is 16.4 Å². The maximum absolute atomic E-state index is 6.13. The number of hydrogen-bond acceptors (Lipinski definition) is 3. The fourth-order valence-corrected chi connectivity index (χ4v) is 3.64. The highest BCUT2D eigenvalue weighted by molar-refractivity contribution is 6.30. The predicted molar refractivity (Wildman–Crippen MR) is 99.6 cm³/mol. The lowest BCUT2D eigenvalue weighted by Gasteiger charge is -2.23. The molecule has 0 radical (unpaired) electrons. The quantitative estimate of drug-likeness (QED) is 0.677. The van der Waals surface area contributed by atoms with Gasteiger partial charge in [0.1, 0.15) is 11.5 Å². The van der Waals surface area contributed by atoms with Crippen LogP contribution < -0.4 is 5.32 Å². The second kappa shape index (κ2) is 6.44. The number of nitrogens with zero attached hydrogens (tertiary/aromatic N) is 2. The molecule has 3 aromatic rings. The van der Waals surface area contributed by atoms with Crippen LogP contribution in [0, 0.1) is 6.92 Å². The number of hydrogen-bond donors (Lipinski definition) is 2. The summed E-state index contributed by atoms with van der Waals surface area (Å²) in [7, 11) is 0. The highest BCUT2D eigenvalue weighted by Gasteiger charge is 2.17. The van der Waals surface area contributed by atoms with Gasteiger partial charge in [-0.25, -0.2) is 9.97 Å². The molecule has 0 aliphatic heterocycles. The zero-order valence-electron chi connectivity index (χ0n) is 13.8. The molecule has 24 heavy (non-hydrogen) atoms. The van der Waals surface area contributed by atoms with Crippen LogP contribution in [0.4, 0.5) is 5.82 Å². The summed E-state index contributed by atoms with van der Waals surface area (Å²) in [5.41, 5.74) is 2.90. The van der Waals surface area contributed by atoms with Crippen molar-refractivity contribution in [3.8, 4) is 11.4 Å². The molecule has 2 heterocycles. The minimum absolute atomic E-state index is 0.499. The summed E-state index contributed by atoms with van der Waals surface area (Å²) < 4.78 is 0. The van der Waals surface area contributed by atoms with Crippen molar-refractivity contribution in [1.82, 2.24) is 15.0 Å². The fraction of sp³-hybridized carbons (Fsp3) is 0.368. The monoisotopic (exact) mass is 340 g/mol. The number of aromatic nitrogens is 3. The Kier molecular flexibility index (Phi) is 4.15. The van der Waals surface area contributed by atoms with Gasteiger partial charge in [0, 0.05) is 22.3 Å². The Morgan fingerprint density at radius 1 is 1.12 bits per heavy atom. The van der Waals surface area contributed by atoms with E-state index in [1.54, 1.807) is 0 Å². The topological polar surface area (TPSA) is 53.6 Å². The normalized spacial score (nSPS) is 15.8. The molecule has 1 fully saturated rings. The number of rotatable bonds is 3. The Hall–Kier alpha value is -2.07. The van der Waals surface area contributed by atoms with Crippen LogP contribution in [0.2, 0.25) is 5.02 Å². The maximum atomic E-state index is 6.13. The molecule has 2 aromatic heterocycles. The third kappa shape index (κ3) is 3.11. The number of aryl methyl sites for hydroxylation is 1. The molecule has 2 N–H and O–H groups in total. The number of anilines is 1. The van der Waals surface area contributed by atoms with Crippen LogP contribution in [0.5, 0.6) is 0 Å². The lowest BCUT2D eigenvalue weighted by atomic mass is 9.95. The lowest BCUT2D eigenvalue weighted by molar-refractivity contribution is 0.462. The second-order valence-corrected chi connectivity index (χ2v) is 7.04. The molecule has 0 atom stereocenters. The van der Waals surface area contributed by atoms with Crippen molar-refractivity contribution < 1.29 is 0 Å². The molecular weight excluding hydrogens is 320 g/mol. The highest BCUT2D eigenvalue weighted by atomic mass is 35.5. The minimum atomic E-state index is 0.499. The molecule has 0 spiro atoms.